The number of anilines is 3. The van der Waals surface area contributed by atoms with Gasteiger partial charge in [-0.1, -0.05) is 0 Å². The van der Waals surface area contributed by atoms with Gasteiger partial charge < -0.3 is 15.4 Å². The van der Waals surface area contributed by atoms with Gasteiger partial charge in [-0.2, -0.15) is 0 Å². The second-order valence-corrected chi connectivity index (χ2v) is 8.01. The van der Waals surface area contributed by atoms with Gasteiger partial charge in [0, 0.05) is 29.2 Å². The van der Waals surface area contributed by atoms with Crippen LogP contribution < -0.4 is 20.1 Å². The molecule has 3 aromatic carbocycles. The van der Waals surface area contributed by atoms with Crippen molar-refractivity contribution in [2.24, 2.45) is 0 Å². The van der Waals surface area contributed by atoms with E-state index in [1.54, 1.807) is 0 Å². The molecule has 166 valence electrons. The van der Waals surface area contributed by atoms with Crippen LogP contribution in [-0.4, -0.2) is 26.5 Å². The molecule has 32 heavy (non-hydrogen) atoms. The molecular formula is C20H17FN4O6S. The summed E-state index contributed by atoms with van der Waals surface area (Å²) in [7, 11) is -2.83. The van der Waals surface area contributed by atoms with Crippen LogP contribution >= 0.6 is 0 Å². The van der Waals surface area contributed by atoms with Crippen LogP contribution in [0.4, 0.5) is 31.9 Å². The molecule has 0 saturated carbocycles. The van der Waals surface area contributed by atoms with Gasteiger partial charge >= 0.3 is 6.03 Å². The highest BCUT2D eigenvalue weighted by atomic mass is 32.2. The summed E-state index contributed by atoms with van der Waals surface area (Å²) in [6.07, 6.45) is 0. The average Bonchev–Trinajstić information content (AvgIpc) is 2.75. The molecule has 0 atom stereocenters. The third-order valence-electron chi connectivity index (χ3n) is 4.16. The lowest BCUT2D eigenvalue weighted by molar-refractivity contribution is -0.384. The van der Waals surface area contributed by atoms with Crippen molar-refractivity contribution in [3.63, 3.8) is 0 Å². The molecule has 0 radical (unpaired) electrons. The van der Waals surface area contributed by atoms with Gasteiger partial charge in [-0.3, -0.25) is 14.8 Å². The van der Waals surface area contributed by atoms with Gasteiger partial charge in [0.25, 0.3) is 15.7 Å². The highest BCUT2D eigenvalue weighted by Gasteiger charge is 2.20. The second-order valence-electron chi connectivity index (χ2n) is 6.36. The molecule has 3 N–H and O–H groups in total. The maximum Gasteiger partial charge on any atom is 0.323 e. The number of nitrogens with zero attached hydrogens (tertiary/aromatic N) is 1. The molecule has 0 unspecified atom stereocenters. The number of benzene rings is 3. The Hall–Kier alpha value is -4.19. The first-order chi connectivity index (χ1) is 15.2. The lowest BCUT2D eigenvalue weighted by Gasteiger charge is -2.12. The molecule has 0 bridgehead atoms. The summed E-state index contributed by atoms with van der Waals surface area (Å²) < 4.78 is 46.8. The molecule has 3 aromatic rings. The Morgan fingerprint density at radius 3 is 2.09 bits per heavy atom. The van der Waals surface area contributed by atoms with E-state index < -0.39 is 31.7 Å². The normalized spacial score (nSPS) is 10.8. The molecule has 0 aliphatic carbocycles. The van der Waals surface area contributed by atoms with Crippen LogP contribution in [-0.2, 0) is 10.0 Å². The summed E-state index contributed by atoms with van der Waals surface area (Å²) in [6.45, 7) is 0. The molecule has 0 aliphatic heterocycles. The van der Waals surface area contributed by atoms with Gasteiger partial charge in [0.15, 0.2) is 0 Å². The molecule has 0 aromatic heterocycles. The minimum Gasteiger partial charge on any atom is -0.497 e. The average molecular weight is 460 g/mol. The Kier molecular flexibility index (Phi) is 6.54. The van der Waals surface area contributed by atoms with Crippen molar-refractivity contribution in [3.8, 4) is 5.75 Å². The summed E-state index contributed by atoms with van der Waals surface area (Å²) in [4.78, 5) is 21.6. The van der Waals surface area contributed by atoms with E-state index in [9.17, 15) is 27.7 Å². The van der Waals surface area contributed by atoms with E-state index in [1.807, 2.05) is 0 Å². The highest BCUT2D eigenvalue weighted by Crippen LogP contribution is 2.24. The molecule has 0 spiro atoms. The van der Waals surface area contributed by atoms with Crippen molar-refractivity contribution in [3.05, 3.63) is 82.7 Å². The summed E-state index contributed by atoms with van der Waals surface area (Å²) in [5, 5.41) is 15.5. The van der Waals surface area contributed by atoms with Gasteiger partial charge in [0.1, 0.15) is 16.5 Å². The number of carbonyl (C=O) groups is 1. The topological polar surface area (TPSA) is 140 Å². The Morgan fingerprint density at radius 2 is 1.50 bits per heavy atom. The van der Waals surface area contributed by atoms with Gasteiger partial charge in [-0.25, -0.2) is 17.6 Å². The fourth-order valence-corrected chi connectivity index (χ4v) is 3.78. The number of nitro benzene ring substituents is 1. The Morgan fingerprint density at radius 1 is 0.938 bits per heavy atom. The van der Waals surface area contributed by atoms with Crippen LogP contribution in [0, 0.1) is 15.9 Å². The number of amides is 2. The number of hydrogen-bond acceptors (Lipinski definition) is 6. The molecule has 10 nitrogen and oxygen atoms in total. The third-order valence-corrected chi connectivity index (χ3v) is 5.55. The number of carbonyl (C=O) groups excluding carboxylic acids is 1. The van der Waals surface area contributed by atoms with E-state index in [0.717, 1.165) is 12.1 Å². The third kappa shape index (κ3) is 5.49. The van der Waals surface area contributed by atoms with E-state index in [-0.39, 0.29) is 22.7 Å². The van der Waals surface area contributed by atoms with Crippen LogP contribution in [0.25, 0.3) is 0 Å². The summed E-state index contributed by atoms with van der Waals surface area (Å²) in [6, 6.07) is 13.4. The molecule has 0 saturated heterocycles. The largest absolute Gasteiger partial charge is 0.497 e. The lowest BCUT2D eigenvalue weighted by atomic mass is 10.3. The zero-order valence-electron chi connectivity index (χ0n) is 16.5. The van der Waals surface area contributed by atoms with Crippen molar-refractivity contribution < 1.29 is 27.3 Å². The monoisotopic (exact) mass is 460 g/mol. The Labute approximate surface area is 182 Å². The van der Waals surface area contributed by atoms with Crippen LogP contribution in [0.1, 0.15) is 0 Å². The molecule has 2 amide bonds. The fraction of sp³-hybridized carbons (Fsp3) is 0.0500. The first-order valence-corrected chi connectivity index (χ1v) is 10.4. The number of hydrogen-bond donors (Lipinski definition) is 3. The number of non-ortho nitro benzene ring substituents is 1. The number of sulfonamides is 1. The van der Waals surface area contributed by atoms with E-state index in [2.05, 4.69) is 15.4 Å². The number of urea groups is 1. The fourth-order valence-electron chi connectivity index (χ4n) is 2.62. The highest BCUT2D eigenvalue weighted by molar-refractivity contribution is 7.92. The predicted octanol–water partition coefficient (Wildman–Crippen LogP) is 4.19. The standard InChI is InChI=1S/C20H17FN4O6S/c1-31-17-9-4-14(5-10-17)24-32(29,30)19-12-15(6-11-18(19)21)23-20(26)22-13-2-7-16(8-3-13)25(27)28/h2-12,24H,1H3,(H2,22,23,26). The second kappa shape index (κ2) is 9.31. The summed E-state index contributed by atoms with van der Waals surface area (Å²) >= 11 is 0. The number of nitrogens with one attached hydrogen (secondary N) is 3. The van der Waals surface area contributed by atoms with Crippen molar-refractivity contribution in [1.82, 2.24) is 0 Å². The number of nitro groups is 1. The van der Waals surface area contributed by atoms with Crippen LogP contribution in [0.15, 0.2) is 71.6 Å². The van der Waals surface area contributed by atoms with Crippen LogP contribution in [0.5, 0.6) is 5.75 Å². The number of rotatable bonds is 7. The molecular weight excluding hydrogens is 443 g/mol. The van der Waals surface area contributed by atoms with Gasteiger partial charge in [0.05, 0.1) is 12.0 Å². The van der Waals surface area contributed by atoms with E-state index in [0.29, 0.717) is 5.75 Å². The van der Waals surface area contributed by atoms with Gasteiger partial charge in [-0.15, -0.1) is 0 Å². The summed E-state index contributed by atoms with van der Waals surface area (Å²) in [5.74, 6) is -0.489. The Balaban J connectivity index is 1.73. The van der Waals surface area contributed by atoms with E-state index >= 15 is 0 Å². The summed E-state index contributed by atoms with van der Waals surface area (Å²) in [5.41, 5.74) is 0.332. The smallest absolute Gasteiger partial charge is 0.323 e. The van der Waals surface area contributed by atoms with E-state index in [4.69, 9.17) is 4.74 Å². The first kappa shape index (κ1) is 22.5. The molecule has 3 rings (SSSR count). The lowest BCUT2D eigenvalue weighted by Crippen LogP contribution is -2.20. The van der Waals surface area contributed by atoms with Crippen LogP contribution in [0.3, 0.4) is 0 Å². The minimum atomic E-state index is -4.30. The molecule has 0 aliphatic rings. The van der Waals surface area contributed by atoms with Crippen LogP contribution in [0.2, 0.25) is 0 Å². The van der Waals surface area contributed by atoms with Crippen molar-refractivity contribution >= 4 is 38.8 Å². The molecule has 0 fully saturated rings. The van der Waals surface area contributed by atoms with Gasteiger partial charge in [-0.05, 0) is 54.6 Å². The molecule has 0 heterocycles. The van der Waals surface area contributed by atoms with Crippen molar-refractivity contribution in [1.29, 1.82) is 0 Å². The molecule has 12 heteroatoms. The van der Waals surface area contributed by atoms with Crippen molar-refractivity contribution in [2.75, 3.05) is 22.5 Å². The number of halogens is 1. The maximum absolute atomic E-state index is 14.3. The zero-order chi connectivity index (χ0) is 23.3. The van der Waals surface area contributed by atoms with E-state index in [1.165, 1.54) is 61.7 Å². The first-order valence-electron chi connectivity index (χ1n) is 8.97. The maximum atomic E-state index is 14.3. The van der Waals surface area contributed by atoms with Gasteiger partial charge in [0.2, 0.25) is 0 Å². The zero-order valence-corrected chi connectivity index (χ0v) is 17.4. The quantitative estimate of drug-likeness (QED) is 0.357. The predicted molar refractivity (Wildman–Crippen MR) is 116 cm³/mol. The van der Waals surface area contributed by atoms with Crippen molar-refractivity contribution in [2.45, 2.75) is 4.90 Å². The number of methoxy groups -OCH3 is 1. The Bertz CT molecular complexity index is 1250. The minimum absolute atomic E-state index is 0.0147. The SMILES string of the molecule is COc1ccc(NS(=O)(=O)c2cc(NC(=O)Nc3ccc([N+](=O)[O-])cc3)ccc2F)cc1. The number of ether oxygens (including phenoxy) is 1.